The Morgan fingerprint density at radius 1 is 0.737 bits per heavy atom. The Balaban J connectivity index is -0.000000260. The van der Waals surface area contributed by atoms with Gasteiger partial charge in [0.2, 0.25) is 0 Å². The molecule has 0 saturated carbocycles. The van der Waals surface area contributed by atoms with Crippen molar-refractivity contribution in [3.05, 3.63) is 0 Å². The number of nitrogens with two attached hydrogens (primary N) is 3. The van der Waals surface area contributed by atoms with Gasteiger partial charge in [0.1, 0.15) is 0 Å². The van der Waals surface area contributed by atoms with Gasteiger partial charge in [0.05, 0.1) is 20.8 Å². The Hall–Kier alpha value is -1.51. The van der Waals surface area contributed by atoms with E-state index in [1.807, 2.05) is 0 Å². The van der Waals surface area contributed by atoms with Gasteiger partial charge in [0.25, 0.3) is 0 Å². The van der Waals surface area contributed by atoms with Crippen molar-refractivity contribution in [3.8, 4) is 0 Å². The summed E-state index contributed by atoms with van der Waals surface area (Å²) in [6.45, 7) is 4.55. The lowest BCUT2D eigenvalue weighted by atomic mass is 10.0. The summed E-state index contributed by atoms with van der Waals surface area (Å²) in [4.78, 5) is 19.3. The first-order valence-electron chi connectivity index (χ1n) is 13.7. The first kappa shape index (κ1) is 43.5. The molecule has 0 saturated heterocycles. The first-order valence-corrected chi connectivity index (χ1v) is 15.0. The molecule has 0 atom stereocenters. The lowest BCUT2D eigenvalue weighted by Gasteiger charge is -2.03. The summed E-state index contributed by atoms with van der Waals surface area (Å²) in [6, 6.07) is -0.833. The molecule has 13 heteroatoms. The molecule has 0 rings (SSSR count). The standard InChI is InChI=1S/C18H36O2.C4H12N2O.C2H6O4S.CH4N2O/c1-2-3-4-5-6-7-8-9-10-11-12-13-14-15-16-17-18(19)20;5-1-2-6-3-4-7;1-5-7(3,4)6-2;2-1(3)4/h2-17H2,1H3,(H,19,20);6-7H,1-5H2;1-2H3;(H4,2,3,4). The van der Waals surface area contributed by atoms with Crippen molar-refractivity contribution in [2.45, 2.75) is 110 Å². The quantitative estimate of drug-likeness (QED) is 0.103. The fourth-order valence-corrected chi connectivity index (χ4v) is 3.16. The van der Waals surface area contributed by atoms with Crippen LogP contribution < -0.4 is 22.5 Å². The van der Waals surface area contributed by atoms with Crippen molar-refractivity contribution in [1.29, 1.82) is 0 Å². The van der Waals surface area contributed by atoms with Gasteiger partial charge in [-0.15, -0.1) is 0 Å². The summed E-state index contributed by atoms with van der Waals surface area (Å²) >= 11 is 0. The molecule has 0 radical (unpaired) electrons. The number of aliphatic hydroxyl groups excluding tert-OH is 1. The minimum absolute atomic E-state index is 0.194. The number of amides is 2. The van der Waals surface area contributed by atoms with E-state index in [2.05, 4.69) is 32.1 Å². The number of carboxylic acid groups (broad SMARTS) is 1. The van der Waals surface area contributed by atoms with Crippen molar-refractivity contribution in [3.63, 3.8) is 0 Å². The van der Waals surface area contributed by atoms with Crippen LogP contribution in [0.3, 0.4) is 0 Å². The minimum atomic E-state index is -3.66. The van der Waals surface area contributed by atoms with Crippen LogP contribution >= 0.6 is 0 Å². The van der Waals surface area contributed by atoms with E-state index < -0.39 is 22.4 Å². The lowest BCUT2D eigenvalue weighted by Crippen LogP contribution is -2.24. The SMILES string of the molecule is CCCCCCCCCCCCCCCCCC(=O)O.COS(=O)(=O)OC.NC(N)=O.NCCNCCO. The van der Waals surface area contributed by atoms with Gasteiger partial charge in [-0.3, -0.25) is 13.2 Å². The van der Waals surface area contributed by atoms with E-state index in [1.165, 1.54) is 83.5 Å². The molecule has 0 fully saturated rings. The largest absolute Gasteiger partial charge is 0.481 e. The predicted molar refractivity (Wildman–Crippen MR) is 153 cm³/mol. The van der Waals surface area contributed by atoms with Crippen molar-refractivity contribution in [2.75, 3.05) is 40.5 Å². The third kappa shape index (κ3) is 59.5. The second-order valence-electron chi connectivity index (χ2n) is 8.50. The Morgan fingerprint density at radius 3 is 1.32 bits per heavy atom. The zero-order valence-corrected chi connectivity index (χ0v) is 24.9. The maximum Gasteiger partial charge on any atom is 0.399 e. The molecule has 0 unspecified atom stereocenters. The Morgan fingerprint density at radius 2 is 1.08 bits per heavy atom. The molecule has 0 aliphatic carbocycles. The molecule has 0 heterocycles. The molecule has 9 N–H and O–H groups in total. The molecule has 0 aliphatic heterocycles. The topological polar surface area (TPSA) is 217 Å². The van der Waals surface area contributed by atoms with E-state index in [0.717, 1.165) is 33.6 Å². The maximum atomic E-state index is 10.3. The molecule has 0 aliphatic rings. The average molecular weight is 575 g/mol. The van der Waals surface area contributed by atoms with E-state index in [9.17, 15) is 13.2 Å². The number of nitrogens with one attached hydrogen (secondary N) is 1. The molecule has 232 valence electrons. The van der Waals surface area contributed by atoms with Gasteiger partial charge in [-0.1, -0.05) is 96.8 Å². The summed E-state index contributed by atoms with van der Waals surface area (Å²) < 4.78 is 27.5. The van der Waals surface area contributed by atoms with Crippen molar-refractivity contribution in [2.24, 2.45) is 17.2 Å². The average Bonchev–Trinajstić information content (AvgIpc) is 2.87. The Kier molecular flexibility index (Phi) is 43.1. The highest BCUT2D eigenvalue weighted by atomic mass is 32.3. The van der Waals surface area contributed by atoms with Gasteiger partial charge >= 0.3 is 22.4 Å². The maximum absolute atomic E-state index is 10.3. The molecule has 38 heavy (non-hydrogen) atoms. The second kappa shape index (κ2) is 37.6. The molecule has 0 spiro atoms. The van der Waals surface area contributed by atoms with Crippen LogP contribution in [0.1, 0.15) is 110 Å². The third-order valence-corrected chi connectivity index (χ3v) is 5.83. The van der Waals surface area contributed by atoms with Crippen molar-refractivity contribution in [1.82, 2.24) is 5.32 Å². The number of carbonyl (C=O) groups excluding carboxylic acids is 1. The smallest absolute Gasteiger partial charge is 0.399 e. The molecule has 0 aromatic rings. The van der Waals surface area contributed by atoms with Crippen LogP contribution in [0.4, 0.5) is 4.79 Å². The van der Waals surface area contributed by atoms with E-state index >= 15 is 0 Å². The number of hydrogen-bond donors (Lipinski definition) is 6. The van der Waals surface area contributed by atoms with Crippen LogP contribution in [-0.2, 0) is 23.6 Å². The molecular formula is C25H58N4O8S. The van der Waals surface area contributed by atoms with Gasteiger partial charge in [-0.05, 0) is 6.42 Å². The van der Waals surface area contributed by atoms with Gasteiger partial charge in [0, 0.05) is 26.1 Å². The normalized spacial score (nSPS) is 10.2. The number of carbonyl (C=O) groups is 2. The van der Waals surface area contributed by atoms with E-state index in [1.54, 1.807) is 0 Å². The van der Waals surface area contributed by atoms with Crippen LogP contribution in [0.25, 0.3) is 0 Å². The number of carboxylic acids is 1. The summed E-state index contributed by atoms with van der Waals surface area (Å²) in [6.07, 6.45) is 20.2. The Labute approximate surface area is 231 Å². The van der Waals surface area contributed by atoms with Crippen molar-refractivity contribution < 1.29 is 36.6 Å². The van der Waals surface area contributed by atoms with Crippen molar-refractivity contribution >= 4 is 22.4 Å². The number of unbranched alkanes of at least 4 members (excludes halogenated alkanes) is 14. The fourth-order valence-electron chi connectivity index (χ4n) is 3.02. The second-order valence-corrected chi connectivity index (χ2v) is 9.98. The lowest BCUT2D eigenvalue weighted by molar-refractivity contribution is -0.137. The first-order chi connectivity index (χ1) is 18.0. The van der Waals surface area contributed by atoms with Crippen LogP contribution in [0.15, 0.2) is 0 Å². The number of primary amides is 2. The van der Waals surface area contributed by atoms with Gasteiger partial charge < -0.3 is 32.7 Å². The highest BCUT2D eigenvalue weighted by molar-refractivity contribution is 7.81. The minimum Gasteiger partial charge on any atom is -0.481 e. The summed E-state index contributed by atoms with van der Waals surface area (Å²) in [5.41, 5.74) is 13.6. The third-order valence-electron chi connectivity index (χ3n) is 5.01. The molecule has 12 nitrogen and oxygen atoms in total. The summed E-state index contributed by atoms with van der Waals surface area (Å²) in [7, 11) is -1.60. The van der Waals surface area contributed by atoms with Crippen LogP contribution in [-0.4, -0.2) is 71.1 Å². The van der Waals surface area contributed by atoms with E-state index in [0.29, 0.717) is 19.5 Å². The fraction of sp³-hybridized carbons (Fsp3) is 0.920. The molecule has 2 amide bonds. The van der Waals surface area contributed by atoms with Crippen LogP contribution in [0.2, 0.25) is 0 Å². The van der Waals surface area contributed by atoms with Gasteiger partial charge in [0.15, 0.2) is 0 Å². The van der Waals surface area contributed by atoms with E-state index in [-0.39, 0.29) is 6.61 Å². The van der Waals surface area contributed by atoms with Gasteiger partial charge in [-0.2, -0.15) is 8.42 Å². The highest BCUT2D eigenvalue weighted by Crippen LogP contribution is 2.13. The zero-order chi connectivity index (χ0) is 29.9. The molecular weight excluding hydrogens is 516 g/mol. The number of aliphatic carboxylic acids is 1. The number of urea groups is 1. The number of hydrogen-bond acceptors (Lipinski definition) is 9. The zero-order valence-electron chi connectivity index (χ0n) is 24.1. The Bertz CT molecular complexity index is 564. The van der Waals surface area contributed by atoms with Gasteiger partial charge in [-0.25, -0.2) is 4.79 Å². The molecule has 0 aromatic carbocycles. The monoisotopic (exact) mass is 574 g/mol. The van der Waals surface area contributed by atoms with Crippen LogP contribution in [0.5, 0.6) is 0 Å². The van der Waals surface area contributed by atoms with E-state index in [4.69, 9.17) is 20.7 Å². The number of rotatable bonds is 22. The van der Waals surface area contributed by atoms with Crippen LogP contribution in [0, 0.1) is 0 Å². The summed E-state index contributed by atoms with van der Waals surface area (Å²) in [5, 5.41) is 19.6. The number of aliphatic hydroxyl groups is 1. The molecule has 0 aromatic heterocycles. The molecule has 0 bridgehead atoms. The predicted octanol–water partition coefficient (Wildman–Crippen LogP) is 3.41. The summed E-state index contributed by atoms with van der Waals surface area (Å²) in [5.74, 6) is -0.653. The highest BCUT2D eigenvalue weighted by Gasteiger charge is 2.01.